The number of rotatable bonds is 2. The molecule has 1 aliphatic heterocycles. The maximum absolute atomic E-state index is 11.5. The van der Waals surface area contributed by atoms with E-state index < -0.39 is 0 Å². The second-order valence-corrected chi connectivity index (χ2v) is 3.69. The molecule has 0 spiro atoms. The van der Waals surface area contributed by atoms with Crippen molar-refractivity contribution in [3.8, 4) is 0 Å². The van der Waals surface area contributed by atoms with Crippen LogP contribution in [0.4, 0.5) is 0 Å². The standard InChI is InChI=1S/C8H8N2O2S/c1-10(12-2)8(11)6-3-5-7(13-6)4-9-5/h3-4H,1-2H3. The zero-order valence-corrected chi connectivity index (χ0v) is 8.09. The maximum Gasteiger partial charge on any atom is 0.287 e. The molecule has 0 fully saturated rings. The summed E-state index contributed by atoms with van der Waals surface area (Å²) in [5.74, 6) is -0.134. The van der Waals surface area contributed by atoms with Crippen LogP contribution in [0.15, 0.2) is 11.1 Å². The third-order valence-electron chi connectivity index (χ3n) is 1.83. The van der Waals surface area contributed by atoms with Gasteiger partial charge in [-0.15, -0.1) is 11.3 Å². The van der Waals surface area contributed by atoms with Crippen LogP contribution < -0.4 is 9.89 Å². The molecular weight excluding hydrogens is 188 g/mol. The molecule has 0 unspecified atom stereocenters. The summed E-state index contributed by atoms with van der Waals surface area (Å²) in [5, 5.41) is 2.10. The first-order chi connectivity index (χ1) is 6.22. The highest BCUT2D eigenvalue weighted by molar-refractivity contribution is 7.12. The van der Waals surface area contributed by atoms with Crippen molar-refractivity contribution >= 4 is 23.4 Å². The smallest absolute Gasteiger partial charge is 0.274 e. The van der Waals surface area contributed by atoms with Gasteiger partial charge in [-0.05, 0) is 6.07 Å². The third kappa shape index (κ3) is 1.26. The minimum Gasteiger partial charge on any atom is -0.274 e. The van der Waals surface area contributed by atoms with Crippen molar-refractivity contribution in [3.63, 3.8) is 0 Å². The Hall–Kier alpha value is -1.20. The molecule has 0 saturated heterocycles. The fraction of sp³-hybridized carbons (Fsp3) is 0.250. The average molecular weight is 196 g/mol. The molecule has 0 saturated carbocycles. The van der Waals surface area contributed by atoms with Crippen molar-refractivity contribution in [2.45, 2.75) is 0 Å². The first-order valence-corrected chi connectivity index (χ1v) is 4.54. The summed E-state index contributed by atoms with van der Waals surface area (Å²) in [5.41, 5.74) is 0. The van der Waals surface area contributed by atoms with E-state index in [4.69, 9.17) is 4.84 Å². The molecule has 0 atom stereocenters. The molecule has 1 amide bonds. The number of hydrogen-bond acceptors (Lipinski definition) is 4. The Morgan fingerprint density at radius 3 is 2.85 bits per heavy atom. The van der Waals surface area contributed by atoms with Crippen LogP contribution in [0.5, 0.6) is 0 Å². The zero-order valence-electron chi connectivity index (χ0n) is 7.27. The van der Waals surface area contributed by atoms with Crippen LogP contribution in [0.1, 0.15) is 9.67 Å². The highest BCUT2D eigenvalue weighted by Crippen LogP contribution is 2.06. The lowest BCUT2D eigenvalue weighted by atomic mass is 10.4. The predicted molar refractivity (Wildman–Crippen MR) is 48.7 cm³/mol. The summed E-state index contributed by atoms with van der Waals surface area (Å²) in [7, 11) is 3.05. The molecule has 0 aliphatic carbocycles. The van der Waals surface area contributed by atoms with Crippen molar-refractivity contribution in [2.75, 3.05) is 14.2 Å². The Morgan fingerprint density at radius 1 is 1.69 bits per heavy atom. The molecule has 13 heavy (non-hydrogen) atoms. The normalized spacial score (nSPS) is 12.2. The molecule has 1 aromatic rings. The molecule has 2 heterocycles. The lowest BCUT2D eigenvalue weighted by molar-refractivity contribution is -0.0753. The molecule has 0 N–H and O–H groups in total. The van der Waals surface area contributed by atoms with Gasteiger partial charge in [0.2, 0.25) is 0 Å². The topological polar surface area (TPSA) is 41.9 Å². The lowest BCUT2D eigenvalue weighted by Gasteiger charge is -2.11. The van der Waals surface area contributed by atoms with E-state index in [2.05, 4.69) is 4.99 Å². The van der Waals surface area contributed by atoms with Gasteiger partial charge in [-0.3, -0.25) is 14.6 Å². The number of hydroxylamine groups is 2. The number of amides is 1. The van der Waals surface area contributed by atoms with Crippen LogP contribution >= 0.6 is 11.3 Å². The molecule has 4 nitrogen and oxygen atoms in total. The SMILES string of the molecule is CON(C)C(=O)c1cc2c(s1)=CN=2. The van der Waals surface area contributed by atoms with E-state index in [0.29, 0.717) is 4.88 Å². The van der Waals surface area contributed by atoms with Crippen LogP contribution in [0.2, 0.25) is 0 Å². The number of nitrogens with zero attached hydrogens (tertiary/aromatic N) is 2. The molecule has 1 aromatic heterocycles. The Morgan fingerprint density at radius 2 is 2.46 bits per heavy atom. The van der Waals surface area contributed by atoms with Gasteiger partial charge in [-0.1, -0.05) is 0 Å². The molecule has 0 radical (unpaired) electrons. The van der Waals surface area contributed by atoms with E-state index in [1.807, 2.05) is 0 Å². The van der Waals surface area contributed by atoms with Crippen LogP contribution in [-0.2, 0) is 4.84 Å². The minimum atomic E-state index is -0.134. The predicted octanol–water partition coefficient (Wildman–Crippen LogP) is -0.247. The van der Waals surface area contributed by atoms with Crippen molar-refractivity contribution in [1.82, 2.24) is 5.06 Å². The number of carbonyl (C=O) groups excluding carboxylic acids is 1. The minimum absolute atomic E-state index is 0.134. The molecule has 1 aliphatic rings. The molecule has 5 heteroatoms. The van der Waals surface area contributed by atoms with E-state index in [1.54, 1.807) is 19.3 Å². The summed E-state index contributed by atoms with van der Waals surface area (Å²) in [4.78, 5) is 21.0. The largest absolute Gasteiger partial charge is 0.287 e. The number of thiophene rings is 1. The highest BCUT2D eigenvalue weighted by Gasteiger charge is 2.15. The first-order valence-electron chi connectivity index (χ1n) is 3.72. The van der Waals surface area contributed by atoms with E-state index in [9.17, 15) is 4.79 Å². The summed E-state index contributed by atoms with van der Waals surface area (Å²) < 4.78 is 1.06. The fourth-order valence-corrected chi connectivity index (χ4v) is 1.94. The Bertz CT molecular complexity index is 431. The molecule has 68 valence electrons. The van der Waals surface area contributed by atoms with Gasteiger partial charge in [-0.25, -0.2) is 5.06 Å². The van der Waals surface area contributed by atoms with Crippen LogP contribution in [0.25, 0.3) is 6.20 Å². The second-order valence-electron chi connectivity index (χ2n) is 2.60. The summed E-state index contributed by atoms with van der Waals surface area (Å²) in [6, 6.07) is 1.78. The van der Waals surface area contributed by atoms with Gasteiger partial charge >= 0.3 is 0 Å². The lowest BCUT2D eigenvalue weighted by Crippen LogP contribution is -2.25. The van der Waals surface area contributed by atoms with Gasteiger partial charge < -0.3 is 0 Å². The molecule has 2 rings (SSSR count). The Labute approximate surface area is 78.7 Å². The van der Waals surface area contributed by atoms with E-state index in [0.717, 1.165) is 9.89 Å². The molecule has 0 aromatic carbocycles. The third-order valence-corrected chi connectivity index (χ3v) is 2.88. The summed E-state index contributed by atoms with van der Waals surface area (Å²) in [6.45, 7) is 0. The zero-order chi connectivity index (χ0) is 9.42. The van der Waals surface area contributed by atoms with Gasteiger partial charge in [-0.2, -0.15) is 0 Å². The van der Waals surface area contributed by atoms with Gasteiger partial charge in [0, 0.05) is 13.2 Å². The molecule has 0 bridgehead atoms. The first kappa shape index (κ1) is 8.40. The van der Waals surface area contributed by atoms with Crippen LogP contribution in [0, 0.1) is 0 Å². The number of hydrogen-bond donors (Lipinski definition) is 0. The maximum atomic E-state index is 11.5. The van der Waals surface area contributed by atoms with Crippen LogP contribution in [0.3, 0.4) is 0 Å². The van der Waals surface area contributed by atoms with E-state index in [1.165, 1.54) is 23.5 Å². The van der Waals surface area contributed by atoms with Gasteiger partial charge in [0.05, 0.1) is 21.9 Å². The van der Waals surface area contributed by atoms with Crippen LogP contribution in [-0.4, -0.2) is 25.1 Å². The molecular formula is C8H8N2O2S. The fourth-order valence-electron chi connectivity index (χ4n) is 0.994. The quantitative estimate of drug-likeness (QED) is 0.612. The van der Waals surface area contributed by atoms with Gasteiger partial charge in [0.25, 0.3) is 5.91 Å². The summed E-state index contributed by atoms with van der Waals surface area (Å²) in [6.07, 6.45) is 1.75. The van der Waals surface area contributed by atoms with E-state index in [-0.39, 0.29) is 5.91 Å². The van der Waals surface area contributed by atoms with Crippen molar-refractivity contribution in [3.05, 3.63) is 20.8 Å². The highest BCUT2D eigenvalue weighted by atomic mass is 32.1. The van der Waals surface area contributed by atoms with Crippen molar-refractivity contribution in [2.24, 2.45) is 4.99 Å². The summed E-state index contributed by atoms with van der Waals surface area (Å²) >= 11 is 1.43. The van der Waals surface area contributed by atoms with Gasteiger partial charge in [0.15, 0.2) is 0 Å². The van der Waals surface area contributed by atoms with Crippen molar-refractivity contribution < 1.29 is 9.63 Å². The van der Waals surface area contributed by atoms with Crippen molar-refractivity contribution in [1.29, 1.82) is 0 Å². The Kier molecular flexibility index (Phi) is 1.90. The Balaban J connectivity index is 2.32. The number of carbonyl (C=O) groups is 1. The second kappa shape index (κ2) is 2.93. The average Bonchev–Trinajstić information content (AvgIpc) is 2.40. The monoisotopic (exact) mass is 196 g/mol. The van der Waals surface area contributed by atoms with Gasteiger partial charge in [0.1, 0.15) is 0 Å². The number of fused-ring (bicyclic) bond motifs is 1. The van der Waals surface area contributed by atoms with E-state index >= 15 is 0 Å².